The number of halogens is 2. The average Bonchev–Trinajstić information content (AvgIpc) is 2.72. The zero-order chi connectivity index (χ0) is 20.1. The predicted molar refractivity (Wildman–Crippen MR) is 111 cm³/mol. The van der Waals surface area contributed by atoms with Gasteiger partial charge in [0.05, 0.1) is 44.1 Å². The van der Waals surface area contributed by atoms with E-state index >= 15 is 0 Å². The van der Waals surface area contributed by atoms with E-state index in [0.717, 1.165) is 32.7 Å². The molecule has 1 amide bonds. The summed E-state index contributed by atoms with van der Waals surface area (Å²) in [6.07, 6.45) is 0. The second kappa shape index (κ2) is 9.17. The minimum atomic E-state index is -0.343. The molecule has 3 rings (SSSR count). The SMILES string of the molecule is CC[NH+]1CCN(c2ccc(/C(C)=N\NC(=O)c3ccc(Cl)cc3)cc2F)CC1. The highest BCUT2D eigenvalue weighted by Gasteiger charge is 2.21. The monoisotopic (exact) mass is 403 g/mol. The molecule has 1 aliphatic rings. The number of amides is 1. The molecule has 1 aliphatic heterocycles. The maximum absolute atomic E-state index is 14.7. The van der Waals surface area contributed by atoms with Gasteiger partial charge in [-0.3, -0.25) is 4.79 Å². The number of nitrogens with zero attached hydrogens (tertiary/aromatic N) is 2. The Bertz CT molecular complexity index is 861. The van der Waals surface area contributed by atoms with E-state index < -0.39 is 0 Å². The number of quaternary nitrogens is 1. The summed E-state index contributed by atoms with van der Waals surface area (Å²) in [6, 6.07) is 11.6. The summed E-state index contributed by atoms with van der Waals surface area (Å²) < 4.78 is 14.7. The number of hydrazone groups is 1. The van der Waals surface area contributed by atoms with E-state index in [9.17, 15) is 9.18 Å². The fraction of sp³-hybridized carbons (Fsp3) is 0.333. The summed E-state index contributed by atoms with van der Waals surface area (Å²) in [4.78, 5) is 15.8. The summed E-state index contributed by atoms with van der Waals surface area (Å²) in [5.74, 6) is -0.611. The third-order valence-electron chi connectivity index (χ3n) is 5.11. The highest BCUT2D eigenvalue weighted by Crippen LogP contribution is 2.21. The number of hydrogen-bond acceptors (Lipinski definition) is 3. The number of likely N-dealkylation sites (N-methyl/N-ethyl adjacent to an activating group) is 1. The van der Waals surface area contributed by atoms with Crippen molar-refractivity contribution in [1.29, 1.82) is 0 Å². The molecule has 0 atom stereocenters. The van der Waals surface area contributed by atoms with Gasteiger partial charge in [0.15, 0.2) is 0 Å². The highest BCUT2D eigenvalue weighted by molar-refractivity contribution is 6.30. The lowest BCUT2D eigenvalue weighted by atomic mass is 10.1. The minimum Gasteiger partial charge on any atom is -0.358 e. The maximum atomic E-state index is 14.7. The molecule has 0 saturated carbocycles. The van der Waals surface area contributed by atoms with Crippen LogP contribution in [-0.2, 0) is 0 Å². The Morgan fingerprint density at radius 3 is 2.43 bits per heavy atom. The van der Waals surface area contributed by atoms with Gasteiger partial charge in [0.2, 0.25) is 0 Å². The first kappa shape index (κ1) is 20.3. The van der Waals surface area contributed by atoms with Gasteiger partial charge in [-0.1, -0.05) is 17.7 Å². The van der Waals surface area contributed by atoms with Crippen LogP contribution in [0.4, 0.5) is 10.1 Å². The standard InChI is InChI=1S/C21H24ClFN4O/c1-3-26-10-12-27(13-11-26)20-9-6-17(14-19(20)23)15(2)24-25-21(28)16-4-7-18(22)8-5-16/h4-9,14H,3,10-13H2,1-2H3,(H,25,28)/p+1/b24-15-. The van der Waals surface area contributed by atoms with Crippen molar-refractivity contribution in [3.63, 3.8) is 0 Å². The summed E-state index contributed by atoms with van der Waals surface area (Å²) >= 11 is 5.82. The molecule has 0 unspecified atom stereocenters. The Morgan fingerprint density at radius 2 is 1.82 bits per heavy atom. The fourth-order valence-electron chi connectivity index (χ4n) is 3.27. The molecule has 2 aromatic rings. The second-order valence-corrected chi connectivity index (χ2v) is 7.34. The Hall–Kier alpha value is -2.44. The summed E-state index contributed by atoms with van der Waals surface area (Å²) in [5, 5.41) is 4.66. The average molecular weight is 404 g/mol. The molecule has 0 spiro atoms. The number of piperazine rings is 1. The van der Waals surface area contributed by atoms with Gasteiger partial charge < -0.3 is 9.80 Å². The molecule has 28 heavy (non-hydrogen) atoms. The summed E-state index contributed by atoms with van der Waals surface area (Å²) in [5.41, 5.74) is 4.74. The number of hydrogen-bond donors (Lipinski definition) is 2. The van der Waals surface area contributed by atoms with E-state index in [0.29, 0.717) is 27.5 Å². The first-order valence-electron chi connectivity index (χ1n) is 9.46. The van der Waals surface area contributed by atoms with E-state index in [1.807, 2.05) is 6.07 Å². The van der Waals surface area contributed by atoms with Crippen molar-refractivity contribution >= 4 is 28.9 Å². The first-order valence-corrected chi connectivity index (χ1v) is 9.84. The highest BCUT2D eigenvalue weighted by atomic mass is 35.5. The largest absolute Gasteiger partial charge is 0.358 e. The zero-order valence-electron chi connectivity index (χ0n) is 16.1. The van der Waals surface area contributed by atoms with Crippen LogP contribution in [0.1, 0.15) is 29.8 Å². The molecule has 1 fully saturated rings. The number of rotatable bonds is 5. The molecular formula is C21H25ClFN4O+. The van der Waals surface area contributed by atoms with Gasteiger partial charge in [0.25, 0.3) is 5.91 Å². The van der Waals surface area contributed by atoms with Crippen molar-refractivity contribution in [2.45, 2.75) is 13.8 Å². The second-order valence-electron chi connectivity index (χ2n) is 6.90. The molecule has 0 aromatic heterocycles. The van der Waals surface area contributed by atoms with Crippen molar-refractivity contribution in [2.75, 3.05) is 37.6 Å². The van der Waals surface area contributed by atoms with Gasteiger partial charge in [0, 0.05) is 16.1 Å². The zero-order valence-corrected chi connectivity index (χ0v) is 16.9. The van der Waals surface area contributed by atoms with Crippen molar-refractivity contribution in [3.05, 3.63) is 64.4 Å². The summed E-state index contributed by atoms with van der Waals surface area (Å²) in [7, 11) is 0. The number of anilines is 1. The Kier molecular flexibility index (Phi) is 6.65. The van der Waals surface area contributed by atoms with Crippen LogP contribution in [0.3, 0.4) is 0 Å². The normalized spacial score (nSPS) is 15.6. The fourth-order valence-corrected chi connectivity index (χ4v) is 3.40. The van der Waals surface area contributed by atoms with Gasteiger partial charge in [0.1, 0.15) is 5.82 Å². The number of carbonyl (C=O) groups excluding carboxylic acids is 1. The molecule has 7 heteroatoms. The molecule has 1 saturated heterocycles. The smallest absolute Gasteiger partial charge is 0.271 e. The van der Waals surface area contributed by atoms with E-state index in [-0.39, 0.29) is 11.7 Å². The van der Waals surface area contributed by atoms with Gasteiger partial charge >= 0.3 is 0 Å². The van der Waals surface area contributed by atoms with Crippen LogP contribution in [0, 0.1) is 5.82 Å². The predicted octanol–water partition coefficient (Wildman–Crippen LogP) is 2.36. The van der Waals surface area contributed by atoms with Gasteiger partial charge in [-0.25, -0.2) is 9.82 Å². The van der Waals surface area contributed by atoms with Crippen molar-refractivity contribution in [3.8, 4) is 0 Å². The molecule has 5 nitrogen and oxygen atoms in total. The van der Waals surface area contributed by atoms with E-state index in [1.165, 1.54) is 6.07 Å². The Morgan fingerprint density at radius 1 is 1.18 bits per heavy atom. The van der Waals surface area contributed by atoms with Crippen LogP contribution in [-0.4, -0.2) is 44.3 Å². The number of nitrogens with one attached hydrogen (secondary N) is 2. The first-order chi connectivity index (χ1) is 13.5. The van der Waals surface area contributed by atoms with E-state index in [1.54, 1.807) is 42.2 Å². The molecule has 0 radical (unpaired) electrons. The molecule has 2 N–H and O–H groups in total. The molecular weight excluding hydrogens is 379 g/mol. The quantitative estimate of drug-likeness (QED) is 0.594. The molecule has 2 aromatic carbocycles. The third kappa shape index (κ3) is 4.88. The third-order valence-corrected chi connectivity index (χ3v) is 5.36. The number of benzene rings is 2. The van der Waals surface area contributed by atoms with Gasteiger partial charge in [-0.05, 0) is 50.2 Å². The lowest BCUT2D eigenvalue weighted by Gasteiger charge is -2.33. The van der Waals surface area contributed by atoms with E-state index in [2.05, 4.69) is 22.4 Å². The van der Waals surface area contributed by atoms with Gasteiger partial charge in [-0.15, -0.1) is 0 Å². The van der Waals surface area contributed by atoms with Gasteiger partial charge in [-0.2, -0.15) is 5.10 Å². The van der Waals surface area contributed by atoms with E-state index in [4.69, 9.17) is 11.6 Å². The lowest BCUT2D eigenvalue weighted by Crippen LogP contribution is -3.14. The van der Waals surface area contributed by atoms with Crippen LogP contribution in [0.2, 0.25) is 5.02 Å². The van der Waals surface area contributed by atoms with Crippen LogP contribution in [0.15, 0.2) is 47.6 Å². The van der Waals surface area contributed by atoms with Crippen molar-refractivity contribution in [1.82, 2.24) is 5.43 Å². The van der Waals surface area contributed by atoms with Crippen LogP contribution >= 0.6 is 11.6 Å². The van der Waals surface area contributed by atoms with Crippen molar-refractivity contribution in [2.24, 2.45) is 5.10 Å². The lowest BCUT2D eigenvalue weighted by molar-refractivity contribution is -0.898. The van der Waals surface area contributed by atoms with Crippen LogP contribution in [0.25, 0.3) is 0 Å². The number of carbonyl (C=O) groups is 1. The molecule has 148 valence electrons. The molecule has 0 aliphatic carbocycles. The Balaban J connectivity index is 1.66. The minimum absolute atomic E-state index is 0.268. The van der Waals surface area contributed by atoms with Crippen LogP contribution in [0.5, 0.6) is 0 Å². The molecule has 0 bridgehead atoms. The maximum Gasteiger partial charge on any atom is 0.271 e. The topological polar surface area (TPSA) is 49.1 Å². The van der Waals surface area contributed by atoms with Crippen LogP contribution < -0.4 is 15.2 Å². The van der Waals surface area contributed by atoms with Crippen molar-refractivity contribution < 1.29 is 14.1 Å². The Labute approximate surface area is 169 Å². The molecule has 1 heterocycles. The summed E-state index contributed by atoms with van der Waals surface area (Å²) in [6.45, 7) is 8.76.